The zero-order valence-electron chi connectivity index (χ0n) is 14.9. The second-order valence-electron chi connectivity index (χ2n) is 5.83. The predicted octanol–water partition coefficient (Wildman–Crippen LogP) is 3.65. The Labute approximate surface area is 174 Å². The molecule has 7 nitrogen and oxygen atoms in total. The van der Waals surface area contributed by atoms with E-state index in [2.05, 4.69) is 36.8 Å². The maximum absolute atomic E-state index is 11.9. The lowest BCUT2D eigenvalue weighted by molar-refractivity contribution is -0.122. The number of carbonyl (C=O) groups is 2. The molecule has 0 atom stereocenters. The number of carbonyl (C=O) groups excluding carboxylic acids is 2. The Bertz CT molecular complexity index is 975. The Morgan fingerprint density at radius 2 is 1.82 bits per heavy atom. The van der Waals surface area contributed by atoms with Crippen molar-refractivity contribution in [2.75, 3.05) is 17.6 Å². The molecule has 0 aliphatic carbocycles. The number of nitrogens with one attached hydrogen (secondary N) is 2. The van der Waals surface area contributed by atoms with Gasteiger partial charge in [-0.05, 0) is 47.1 Å². The van der Waals surface area contributed by atoms with E-state index in [1.165, 1.54) is 0 Å². The van der Waals surface area contributed by atoms with Crippen LogP contribution in [-0.2, 0) is 9.59 Å². The molecule has 0 bridgehead atoms. The zero-order chi connectivity index (χ0) is 19.9. The summed E-state index contributed by atoms with van der Waals surface area (Å²) in [5, 5.41) is 13.5. The summed E-state index contributed by atoms with van der Waals surface area (Å²) in [5.41, 5.74) is 2.60. The van der Waals surface area contributed by atoms with Crippen LogP contribution in [0.1, 0.15) is 5.56 Å². The molecule has 0 aliphatic heterocycles. The average Bonchev–Trinajstić information content (AvgIpc) is 3.16. The minimum atomic E-state index is -0.315. The highest BCUT2D eigenvalue weighted by molar-refractivity contribution is 9.10. The first kappa shape index (κ1) is 20.1. The topological polar surface area (TPSA) is 97.1 Å². The number of benzene rings is 2. The standard InChI is InChI=1S/C19H17BrN4O3S/c1-12-6-8-13(9-7-12)18-23-24-19(27-18)28-11-17(26)21-10-16(25)22-15-5-3-2-4-14(15)20/h2-9H,10-11H2,1H3,(H,21,26)(H,22,25). The maximum atomic E-state index is 11.9. The molecule has 3 rings (SSSR count). The normalized spacial score (nSPS) is 10.5. The molecule has 0 spiro atoms. The van der Waals surface area contributed by atoms with E-state index in [-0.39, 0.29) is 24.1 Å². The summed E-state index contributed by atoms with van der Waals surface area (Å²) in [6, 6.07) is 14.9. The second kappa shape index (κ2) is 9.52. The molecule has 9 heteroatoms. The van der Waals surface area contributed by atoms with Gasteiger partial charge < -0.3 is 15.1 Å². The van der Waals surface area contributed by atoms with Gasteiger partial charge in [0.1, 0.15) is 0 Å². The Hall–Kier alpha value is -2.65. The van der Waals surface area contributed by atoms with Gasteiger partial charge in [0.05, 0.1) is 18.0 Å². The van der Waals surface area contributed by atoms with E-state index in [1.807, 2.05) is 49.4 Å². The fourth-order valence-corrected chi connectivity index (χ4v) is 3.17. The monoisotopic (exact) mass is 460 g/mol. The van der Waals surface area contributed by atoms with Gasteiger partial charge in [-0.1, -0.05) is 41.6 Å². The van der Waals surface area contributed by atoms with Crippen molar-refractivity contribution in [3.63, 3.8) is 0 Å². The molecule has 2 N–H and O–H groups in total. The van der Waals surface area contributed by atoms with Gasteiger partial charge in [-0.2, -0.15) is 0 Å². The van der Waals surface area contributed by atoms with Crippen molar-refractivity contribution in [3.05, 3.63) is 58.6 Å². The van der Waals surface area contributed by atoms with Crippen molar-refractivity contribution in [2.24, 2.45) is 0 Å². The summed E-state index contributed by atoms with van der Waals surface area (Å²) in [6.07, 6.45) is 0. The number of para-hydroxylation sites is 1. The minimum absolute atomic E-state index is 0.0673. The van der Waals surface area contributed by atoms with Crippen LogP contribution >= 0.6 is 27.7 Å². The quantitative estimate of drug-likeness (QED) is 0.522. The van der Waals surface area contributed by atoms with Crippen LogP contribution in [0.5, 0.6) is 0 Å². The first-order chi connectivity index (χ1) is 13.5. The van der Waals surface area contributed by atoms with Gasteiger partial charge in [-0.25, -0.2) is 0 Å². The number of halogens is 1. The molecule has 2 aromatic carbocycles. The zero-order valence-corrected chi connectivity index (χ0v) is 17.3. The highest BCUT2D eigenvalue weighted by atomic mass is 79.9. The smallest absolute Gasteiger partial charge is 0.277 e. The Morgan fingerprint density at radius 1 is 1.07 bits per heavy atom. The first-order valence-corrected chi connectivity index (χ1v) is 10.1. The summed E-state index contributed by atoms with van der Waals surface area (Å²) in [7, 11) is 0. The van der Waals surface area contributed by atoms with Crippen LogP contribution in [0.25, 0.3) is 11.5 Å². The molecule has 0 saturated carbocycles. The van der Waals surface area contributed by atoms with Crippen LogP contribution in [0.2, 0.25) is 0 Å². The van der Waals surface area contributed by atoms with E-state index in [9.17, 15) is 9.59 Å². The van der Waals surface area contributed by atoms with Gasteiger partial charge in [0.15, 0.2) is 0 Å². The highest BCUT2D eigenvalue weighted by Gasteiger charge is 2.12. The highest BCUT2D eigenvalue weighted by Crippen LogP contribution is 2.23. The molecule has 144 valence electrons. The molecule has 0 aliphatic rings. The SMILES string of the molecule is Cc1ccc(-c2nnc(SCC(=O)NCC(=O)Nc3ccccc3Br)o2)cc1. The summed E-state index contributed by atoms with van der Waals surface area (Å²) in [4.78, 5) is 23.9. The molecule has 3 aromatic rings. The lowest BCUT2D eigenvalue weighted by Gasteiger charge is -2.07. The van der Waals surface area contributed by atoms with E-state index in [4.69, 9.17) is 4.42 Å². The van der Waals surface area contributed by atoms with Crippen LogP contribution in [0.4, 0.5) is 5.69 Å². The van der Waals surface area contributed by atoms with Crippen molar-refractivity contribution >= 4 is 45.2 Å². The van der Waals surface area contributed by atoms with Crippen LogP contribution in [0, 0.1) is 6.92 Å². The van der Waals surface area contributed by atoms with Crippen molar-refractivity contribution in [3.8, 4) is 11.5 Å². The van der Waals surface area contributed by atoms with E-state index in [0.717, 1.165) is 27.4 Å². The van der Waals surface area contributed by atoms with Crippen molar-refractivity contribution < 1.29 is 14.0 Å². The van der Waals surface area contributed by atoms with Crippen LogP contribution in [0.15, 0.2) is 62.6 Å². The number of nitrogens with zero attached hydrogens (tertiary/aromatic N) is 2. The molecule has 28 heavy (non-hydrogen) atoms. The third kappa shape index (κ3) is 5.67. The van der Waals surface area contributed by atoms with Crippen LogP contribution < -0.4 is 10.6 Å². The van der Waals surface area contributed by atoms with Gasteiger partial charge >= 0.3 is 0 Å². The summed E-state index contributed by atoms with van der Waals surface area (Å²) in [6.45, 7) is 1.87. The van der Waals surface area contributed by atoms with Crippen molar-refractivity contribution in [2.45, 2.75) is 12.1 Å². The number of anilines is 1. The Balaban J connectivity index is 1.44. The number of amides is 2. The molecule has 0 unspecified atom stereocenters. The number of aryl methyl sites for hydroxylation is 1. The Kier molecular flexibility index (Phi) is 6.83. The van der Waals surface area contributed by atoms with Gasteiger partial charge in [-0.3, -0.25) is 9.59 Å². The number of thioether (sulfide) groups is 1. The fraction of sp³-hybridized carbons (Fsp3) is 0.158. The third-order valence-corrected chi connectivity index (χ3v) is 5.14. The van der Waals surface area contributed by atoms with E-state index in [0.29, 0.717) is 16.8 Å². The van der Waals surface area contributed by atoms with Crippen LogP contribution in [-0.4, -0.2) is 34.3 Å². The second-order valence-corrected chi connectivity index (χ2v) is 7.61. The summed E-state index contributed by atoms with van der Waals surface area (Å²) >= 11 is 4.46. The third-order valence-electron chi connectivity index (χ3n) is 3.63. The van der Waals surface area contributed by atoms with Crippen molar-refractivity contribution in [1.82, 2.24) is 15.5 Å². The maximum Gasteiger partial charge on any atom is 0.277 e. The largest absolute Gasteiger partial charge is 0.411 e. The molecular weight excluding hydrogens is 444 g/mol. The molecule has 0 fully saturated rings. The van der Waals surface area contributed by atoms with E-state index >= 15 is 0 Å². The lowest BCUT2D eigenvalue weighted by atomic mass is 10.1. The fourth-order valence-electron chi connectivity index (χ4n) is 2.20. The number of aromatic nitrogens is 2. The van der Waals surface area contributed by atoms with Crippen LogP contribution in [0.3, 0.4) is 0 Å². The molecule has 1 aromatic heterocycles. The summed E-state index contributed by atoms with van der Waals surface area (Å²) in [5.74, 6) is -0.152. The Morgan fingerprint density at radius 3 is 2.57 bits per heavy atom. The molecule has 0 saturated heterocycles. The summed E-state index contributed by atoms with van der Waals surface area (Å²) < 4.78 is 6.32. The van der Waals surface area contributed by atoms with Gasteiger partial charge in [0.25, 0.3) is 5.22 Å². The molecule has 2 amide bonds. The van der Waals surface area contributed by atoms with E-state index in [1.54, 1.807) is 6.07 Å². The lowest BCUT2D eigenvalue weighted by Crippen LogP contribution is -2.33. The van der Waals surface area contributed by atoms with Gasteiger partial charge in [-0.15, -0.1) is 10.2 Å². The predicted molar refractivity (Wildman–Crippen MR) is 111 cm³/mol. The van der Waals surface area contributed by atoms with E-state index < -0.39 is 0 Å². The number of hydrogen-bond acceptors (Lipinski definition) is 6. The van der Waals surface area contributed by atoms with Gasteiger partial charge in [0.2, 0.25) is 17.7 Å². The number of hydrogen-bond donors (Lipinski definition) is 2. The average molecular weight is 461 g/mol. The first-order valence-electron chi connectivity index (χ1n) is 8.35. The molecule has 0 radical (unpaired) electrons. The molecular formula is C19H17BrN4O3S. The number of rotatable bonds is 7. The van der Waals surface area contributed by atoms with Gasteiger partial charge in [0, 0.05) is 10.0 Å². The minimum Gasteiger partial charge on any atom is -0.411 e. The van der Waals surface area contributed by atoms with Crippen molar-refractivity contribution in [1.29, 1.82) is 0 Å². The molecule has 1 heterocycles.